The van der Waals surface area contributed by atoms with Crippen molar-refractivity contribution in [2.75, 3.05) is 19.5 Å². The molecule has 0 bridgehead atoms. The number of hydrogen-bond acceptors (Lipinski definition) is 7. The van der Waals surface area contributed by atoms with Gasteiger partial charge in [-0.1, -0.05) is 0 Å². The lowest BCUT2D eigenvalue weighted by Crippen LogP contribution is -2.01. The van der Waals surface area contributed by atoms with E-state index in [-0.39, 0.29) is 0 Å². The summed E-state index contributed by atoms with van der Waals surface area (Å²) in [5, 5.41) is 12.5. The van der Waals surface area contributed by atoms with Crippen LogP contribution in [-0.4, -0.2) is 38.9 Å². The Kier molecular flexibility index (Phi) is 3.66. The first-order valence-electron chi connectivity index (χ1n) is 5.28. The van der Waals surface area contributed by atoms with Crippen LogP contribution in [0, 0.1) is 6.92 Å². The predicted molar refractivity (Wildman–Crippen MR) is 68.0 cm³/mol. The van der Waals surface area contributed by atoms with Crippen molar-refractivity contribution in [3.05, 3.63) is 12.2 Å². The Morgan fingerprint density at radius 2 is 2.11 bits per heavy atom. The lowest BCUT2D eigenvalue weighted by molar-refractivity contribution is 0.400. The molecule has 0 aliphatic carbocycles. The van der Waals surface area contributed by atoms with Gasteiger partial charge in [-0.3, -0.25) is 0 Å². The smallest absolute Gasteiger partial charge is 0.197 e. The summed E-state index contributed by atoms with van der Waals surface area (Å²) in [6.07, 6.45) is 1.49. The highest BCUT2D eigenvalue weighted by molar-refractivity contribution is 7.99. The summed E-state index contributed by atoms with van der Waals surface area (Å²) in [6.45, 7) is 1.90. The Morgan fingerprint density at radius 1 is 1.33 bits per heavy atom. The van der Waals surface area contributed by atoms with E-state index >= 15 is 0 Å². The molecule has 0 spiro atoms. The number of nitrogens with zero attached hydrogens (tertiary/aromatic N) is 5. The van der Waals surface area contributed by atoms with Gasteiger partial charge in [0, 0.05) is 14.1 Å². The van der Waals surface area contributed by atoms with Crippen LogP contribution in [0.25, 0.3) is 0 Å². The molecule has 0 saturated carbocycles. The summed E-state index contributed by atoms with van der Waals surface area (Å²) in [6, 6.07) is 0. The van der Waals surface area contributed by atoms with Gasteiger partial charge in [-0.25, -0.2) is 9.97 Å². The van der Waals surface area contributed by atoms with Crippen molar-refractivity contribution in [1.82, 2.24) is 24.7 Å². The Bertz CT molecular complexity index is 555. The lowest BCUT2D eigenvalue weighted by Gasteiger charge is -2.10. The maximum Gasteiger partial charge on any atom is 0.197 e. The molecule has 2 heterocycles. The predicted octanol–water partition coefficient (Wildman–Crippen LogP) is 1.12. The van der Waals surface area contributed by atoms with Crippen LogP contribution >= 0.6 is 11.8 Å². The molecule has 0 atom stereocenters. The van der Waals surface area contributed by atoms with E-state index < -0.39 is 0 Å². The molecule has 0 fully saturated rings. The molecule has 0 unspecified atom stereocenters. The third-order valence-electron chi connectivity index (χ3n) is 2.45. The Morgan fingerprint density at radius 3 is 2.67 bits per heavy atom. The minimum absolute atomic E-state index is 0.602. The number of anilines is 1. The Hall–Kier alpha value is -1.83. The largest absolute Gasteiger partial charge is 0.490 e. The van der Waals surface area contributed by atoms with Crippen molar-refractivity contribution < 1.29 is 4.74 Å². The molecule has 0 aliphatic heterocycles. The summed E-state index contributed by atoms with van der Waals surface area (Å²) >= 11 is 1.39. The van der Waals surface area contributed by atoms with Crippen molar-refractivity contribution in [3.63, 3.8) is 0 Å². The van der Waals surface area contributed by atoms with E-state index in [2.05, 4.69) is 25.5 Å². The molecule has 2 rings (SSSR count). The molecule has 18 heavy (non-hydrogen) atoms. The molecule has 2 aromatic rings. The fourth-order valence-corrected chi connectivity index (χ4v) is 2.25. The molecule has 1 N–H and O–H groups in total. The number of aryl methyl sites for hydroxylation is 1. The molecule has 0 saturated heterocycles. The third-order valence-corrected chi connectivity index (χ3v) is 3.47. The van der Waals surface area contributed by atoms with Gasteiger partial charge in [-0.2, -0.15) is 0 Å². The zero-order chi connectivity index (χ0) is 13.1. The number of ether oxygens (including phenoxy) is 1. The topological polar surface area (TPSA) is 77.8 Å². The summed E-state index contributed by atoms with van der Waals surface area (Å²) in [7, 11) is 5.28. The second-order valence-electron chi connectivity index (χ2n) is 3.50. The fraction of sp³-hybridized carbons (Fsp3) is 0.400. The minimum Gasteiger partial charge on any atom is -0.490 e. The summed E-state index contributed by atoms with van der Waals surface area (Å²) in [5.41, 5.74) is 0. The standard InChI is InChI=1S/C10H14N6OS/c1-6-14-15-10(16(6)3)18-9-7(17-4)8(11-2)12-5-13-9/h5H,1-4H3,(H,11,12,13). The number of rotatable bonds is 4. The fourth-order valence-electron chi connectivity index (χ4n) is 1.36. The first kappa shape index (κ1) is 12.6. The maximum atomic E-state index is 5.32. The molecule has 0 aromatic carbocycles. The Balaban J connectivity index is 2.37. The van der Waals surface area contributed by atoms with Gasteiger partial charge in [-0.15, -0.1) is 10.2 Å². The summed E-state index contributed by atoms with van der Waals surface area (Å²) < 4.78 is 7.21. The molecule has 8 heteroatoms. The van der Waals surface area contributed by atoms with Crippen LogP contribution in [0.1, 0.15) is 5.82 Å². The zero-order valence-electron chi connectivity index (χ0n) is 10.6. The van der Waals surface area contributed by atoms with Crippen molar-refractivity contribution in [3.8, 4) is 5.75 Å². The molecule has 0 amide bonds. The minimum atomic E-state index is 0.602. The average molecular weight is 266 g/mol. The van der Waals surface area contributed by atoms with E-state index in [4.69, 9.17) is 4.74 Å². The summed E-state index contributed by atoms with van der Waals surface area (Å²) in [5.74, 6) is 2.10. The quantitative estimate of drug-likeness (QED) is 0.831. The highest BCUT2D eigenvalue weighted by Gasteiger charge is 2.15. The van der Waals surface area contributed by atoms with E-state index in [9.17, 15) is 0 Å². The molecule has 2 aromatic heterocycles. The zero-order valence-corrected chi connectivity index (χ0v) is 11.4. The average Bonchev–Trinajstić information content (AvgIpc) is 2.70. The number of nitrogens with one attached hydrogen (secondary N) is 1. The molecule has 0 aliphatic rings. The first-order valence-corrected chi connectivity index (χ1v) is 6.09. The normalized spacial score (nSPS) is 10.4. The van der Waals surface area contributed by atoms with E-state index in [0.717, 1.165) is 11.0 Å². The van der Waals surface area contributed by atoms with E-state index in [1.807, 2.05) is 18.5 Å². The lowest BCUT2D eigenvalue weighted by atomic mass is 10.5. The number of methoxy groups -OCH3 is 1. The van der Waals surface area contributed by atoms with Gasteiger partial charge < -0.3 is 14.6 Å². The summed E-state index contributed by atoms with van der Waals surface area (Å²) in [4.78, 5) is 8.30. The van der Waals surface area contributed by atoms with Crippen molar-refractivity contribution >= 4 is 17.6 Å². The monoisotopic (exact) mass is 266 g/mol. The van der Waals surface area contributed by atoms with Crippen molar-refractivity contribution in [2.24, 2.45) is 7.05 Å². The van der Waals surface area contributed by atoms with Crippen LogP contribution in [-0.2, 0) is 7.05 Å². The first-order chi connectivity index (χ1) is 8.67. The van der Waals surface area contributed by atoms with E-state index in [0.29, 0.717) is 16.6 Å². The van der Waals surface area contributed by atoms with Crippen LogP contribution in [0.2, 0.25) is 0 Å². The van der Waals surface area contributed by atoms with Gasteiger partial charge in [0.1, 0.15) is 12.2 Å². The van der Waals surface area contributed by atoms with E-state index in [1.165, 1.54) is 18.1 Å². The van der Waals surface area contributed by atoms with Gasteiger partial charge in [0.05, 0.1) is 7.11 Å². The van der Waals surface area contributed by atoms with Gasteiger partial charge >= 0.3 is 0 Å². The van der Waals surface area contributed by atoms with Gasteiger partial charge in [0.25, 0.3) is 0 Å². The SMILES string of the molecule is CNc1ncnc(Sc2nnc(C)n2C)c1OC. The van der Waals surface area contributed by atoms with Crippen LogP contribution in [0.15, 0.2) is 16.5 Å². The number of aromatic nitrogens is 5. The molecular weight excluding hydrogens is 252 g/mol. The van der Waals surface area contributed by atoms with Gasteiger partial charge in [-0.05, 0) is 18.7 Å². The van der Waals surface area contributed by atoms with E-state index in [1.54, 1.807) is 14.2 Å². The highest BCUT2D eigenvalue weighted by atomic mass is 32.2. The van der Waals surface area contributed by atoms with Gasteiger partial charge in [0.2, 0.25) is 0 Å². The molecule has 7 nitrogen and oxygen atoms in total. The second kappa shape index (κ2) is 5.21. The van der Waals surface area contributed by atoms with Crippen LogP contribution in [0.4, 0.5) is 5.82 Å². The van der Waals surface area contributed by atoms with Crippen LogP contribution < -0.4 is 10.1 Å². The van der Waals surface area contributed by atoms with Crippen LogP contribution in [0.3, 0.4) is 0 Å². The molecule has 0 radical (unpaired) electrons. The van der Waals surface area contributed by atoms with Crippen molar-refractivity contribution in [1.29, 1.82) is 0 Å². The molecular formula is C10H14N6OS. The maximum absolute atomic E-state index is 5.32. The number of hydrogen-bond donors (Lipinski definition) is 1. The third kappa shape index (κ3) is 2.23. The van der Waals surface area contributed by atoms with Gasteiger partial charge in [0.15, 0.2) is 21.7 Å². The highest BCUT2D eigenvalue weighted by Crippen LogP contribution is 2.35. The van der Waals surface area contributed by atoms with Crippen molar-refractivity contribution in [2.45, 2.75) is 17.1 Å². The second-order valence-corrected chi connectivity index (χ2v) is 4.46. The van der Waals surface area contributed by atoms with Crippen LogP contribution in [0.5, 0.6) is 5.75 Å². The Labute approximate surface area is 109 Å². The molecule has 96 valence electrons.